The van der Waals surface area contributed by atoms with Crippen LogP contribution in [0.5, 0.6) is 0 Å². The van der Waals surface area contributed by atoms with Crippen LogP contribution in [0.15, 0.2) is 6.20 Å². The highest BCUT2D eigenvalue weighted by Gasteiger charge is 2.19. The van der Waals surface area contributed by atoms with E-state index in [2.05, 4.69) is 27.1 Å². The number of halogens is 2. The van der Waals surface area contributed by atoms with Crippen molar-refractivity contribution in [2.45, 2.75) is 25.8 Å². The van der Waals surface area contributed by atoms with E-state index in [0.717, 1.165) is 19.5 Å². The van der Waals surface area contributed by atoms with Crippen molar-refractivity contribution in [1.82, 2.24) is 14.9 Å². The number of anilines is 1. The summed E-state index contributed by atoms with van der Waals surface area (Å²) < 4.78 is 0. The Morgan fingerprint density at radius 2 is 2.35 bits per heavy atom. The van der Waals surface area contributed by atoms with Crippen molar-refractivity contribution in [3.8, 4) is 0 Å². The molecule has 1 aromatic heterocycles. The molecule has 1 aliphatic heterocycles. The lowest BCUT2D eigenvalue weighted by Gasteiger charge is -2.32. The fourth-order valence-electron chi connectivity index (χ4n) is 2.10. The van der Waals surface area contributed by atoms with E-state index in [0.29, 0.717) is 16.9 Å². The van der Waals surface area contributed by atoms with Crippen molar-refractivity contribution in [2.75, 3.05) is 25.0 Å². The Morgan fingerprint density at radius 3 is 3.12 bits per heavy atom. The predicted molar refractivity (Wildman–Crippen MR) is 70.8 cm³/mol. The molecule has 0 spiro atoms. The minimum atomic E-state index is 0.222. The Balaban J connectivity index is 2.02. The molecule has 1 N–H and O–H groups in total. The molecule has 0 amide bonds. The number of likely N-dealkylation sites (N-methyl/N-ethyl adjacent to an activating group) is 1. The summed E-state index contributed by atoms with van der Waals surface area (Å²) in [6.07, 6.45) is 3.86. The van der Waals surface area contributed by atoms with Crippen molar-refractivity contribution in [3.05, 3.63) is 16.5 Å². The second-order valence-electron chi connectivity index (χ2n) is 4.21. The third-order valence-corrected chi connectivity index (χ3v) is 3.47. The highest BCUT2D eigenvalue weighted by molar-refractivity contribution is 6.33. The molecular weight excluding hydrogens is 259 g/mol. The molecule has 2 rings (SSSR count). The molecule has 0 radical (unpaired) electrons. The summed E-state index contributed by atoms with van der Waals surface area (Å²) in [4.78, 5) is 10.4. The minimum absolute atomic E-state index is 0.222. The molecule has 17 heavy (non-hydrogen) atoms. The molecule has 0 aromatic carbocycles. The molecule has 1 atom stereocenters. The summed E-state index contributed by atoms with van der Waals surface area (Å²) in [6, 6.07) is 0.382. The van der Waals surface area contributed by atoms with E-state index in [1.807, 2.05) is 0 Å². The third-order valence-electron chi connectivity index (χ3n) is 3.01. The standard InChI is InChI=1S/C11H16Cl2N4/c1-2-17-5-3-4-8(7-17)15-10-9(12)6-14-11(13)16-10/h6,8H,2-5,7H2,1H3,(H,14,15,16). The number of hydrogen-bond acceptors (Lipinski definition) is 4. The molecule has 0 bridgehead atoms. The first kappa shape index (κ1) is 12.9. The van der Waals surface area contributed by atoms with Gasteiger partial charge in [-0.3, -0.25) is 0 Å². The lowest BCUT2D eigenvalue weighted by molar-refractivity contribution is 0.226. The van der Waals surface area contributed by atoms with E-state index in [4.69, 9.17) is 23.2 Å². The maximum atomic E-state index is 6.03. The summed E-state index contributed by atoms with van der Waals surface area (Å²) in [7, 11) is 0. The molecule has 0 aliphatic carbocycles. The number of rotatable bonds is 3. The van der Waals surface area contributed by atoms with Crippen LogP contribution < -0.4 is 5.32 Å². The zero-order chi connectivity index (χ0) is 12.3. The molecular formula is C11H16Cl2N4. The largest absolute Gasteiger partial charge is 0.365 e. The Morgan fingerprint density at radius 1 is 1.53 bits per heavy atom. The summed E-state index contributed by atoms with van der Waals surface area (Å²) in [5.41, 5.74) is 0. The summed E-state index contributed by atoms with van der Waals surface area (Å²) in [5, 5.41) is 4.08. The zero-order valence-corrected chi connectivity index (χ0v) is 11.3. The van der Waals surface area contributed by atoms with Gasteiger partial charge < -0.3 is 10.2 Å². The van der Waals surface area contributed by atoms with Crippen molar-refractivity contribution >= 4 is 29.0 Å². The number of nitrogens with zero attached hydrogens (tertiary/aromatic N) is 3. The topological polar surface area (TPSA) is 41.0 Å². The van der Waals surface area contributed by atoms with Gasteiger partial charge in [-0.2, -0.15) is 4.98 Å². The molecule has 94 valence electrons. The molecule has 1 unspecified atom stereocenters. The van der Waals surface area contributed by atoms with E-state index in [9.17, 15) is 0 Å². The maximum Gasteiger partial charge on any atom is 0.224 e. The Hall–Kier alpha value is -0.580. The van der Waals surface area contributed by atoms with Crippen LogP contribution in [0.4, 0.5) is 5.82 Å². The first-order valence-electron chi connectivity index (χ1n) is 5.86. The van der Waals surface area contributed by atoms with E-state index in [1.165, 1.54) is 19.2 Å². The van der Waals surface area contributed by atoms with Crippen LogP contribution in [0, 0.1) is 0 Å². The van der Waals surface area contributed by atoms with Gasteiger partial charge >= 0.3 is 0 Å². The Labute approximate surface area is 111 Å². The smallest absolute Gasteiger partial charge is 0.224 e. The molecule has 6 heteroatoms. The first-order chi connectivity index (χ1) is 8.19. The second-order valence-corrected chi connectivity index (χ2v) is 4.96. The molecule has 1 aromatic rings. The summed E-state index contributed by atoms with van der Waals surface area (Å²) in [5.74, 6) is 0.634. The van der Waals surface area contributed by atoms with Crippen LogP contribution in [-0.2, 0) is 0 Å². The molecule has 1 saturated heterocycles. The quantitative estimate of drug-likeness (QED) is 0.861. The van der Waals surface area contributed by atoms with Gasteiger partial charge in [-0.1, -0.05) is 18.5 Å². The number of piperidine rings is 1. The van der Waals surface area contributed by atoms with Crippen molar-refractivity contribution in [2.24, 2.45) is 0 Å². The number of likely N-dealkylation sites (tertiary alicyclic amines) is 1. The molecule has 0 saturated carbocycles. The average Bonchev–Trinajstić information content (AvgIpc) is 2.34. The van der Waals surface area contributed by atoms with Crippen LogP contribution in [-0.4, -0.2) is 40.5 Å². The lowest BCUT2D eigenvalue weighted by atomic mass is 10.1. The number of aromatic nitrogens is 2. The number of nitrogens with one attached hydrogen (secondary N) is 1. The van der Waals surface area contributed by atoms with Crippen molar-refractivity contribution < 1.29 is 0 Å². The van der Waals surface area contributed by atoms with Crippen LogP contribution in [0.1, 0.15) is 19.8 Å². The van der Waals surface area contributed by atoms with Crippen LogP contribution in [0.3, 0.4) is 0 Å². The number of hydrogen-bond donors (Lipinski definition) is 1. The third kappa shape index (κ3) is 3.44. The molecule has 1 aliphatic rings. The molecule has 1 fully saturated rings. The normalized spacial score (nSPS) is 21.5. The maximum absolute atomic E-state index is 6.03. The van der Waals surface area contributed by atoms with Gasteiger partial charge in [0.25, 0.3) is 0 Å². The lowest BCUT2D eigenvalue weighted by Crippen LogP contribution is -2.42. The van der Waals surface area contributed by atoms with E-state index in [-0.39, 0.29) is 5.28 Å². The van der Waals surface area contributed by atoms with E-state index < -0.39 is 0 Å². The second kappa shape index (κ2) is 5.85. The van der Waals surface area contributed by atoms with Crippen LogP contribution in [0.2, 0.25) is 10.3 Å². The summed E-state index contributed by atoms with van der Waals surface area (Å²) >= 11 is 11.8. The van der Waals surface area contributed by atoms with E-state index in [1.54, 1.807) is 0 Å². The van der Waals surface area contributed by atoms with E-state index >= 15 is 0 Å². The Kier molecular flexibility index (Phi) is 4.42. The monoisotopic (exact) mass is 274 g/mol. The molecule has 2 heterocycles. The average molecular weight is 275 g/mol. The molecule has 4 nitrogen and oxygen atoms in total. The fraction of sp³-hybridized carbons (Fsp3) is 0.636. The zero-order valence-electron chi connectivity index (χ0n) is 9.79. The SMILES string of the molecule is CCN1CCCC(Nc2nc(Cl)ncc2Cl)C1. The van der Waals surface area contributed by atoms with Gasteiger partial charge in [-0.05, 0) is 37.5 Å². The van der Waals surface area contributed by atoms with Gasteiger partial charge in [0.2, 0.25) is 5.28 Å². The predicted octanol–water partition coefficient (Wildman–Crippen LogP) is 2.68. The fourth-order valence-corrected chi connectivity index (χ4v) is 2.38. The van der Waals surface area contributed by atoms with Gasteiger partial charge in [-0.25, -0.2) is 4.98 Å². The van der Waals surface area contributed by atoms with Gasteiger partial charge in [-0.15, -0.1) is 0 Å². The van der Waals surface area contributed by atoms with Gasteiger partial charge in [0.15, 0.2) is 0 Å². The first-order valence-corrected chi connectivity index (χ1v) is 6.61. The highest BCUT2D eigenvalue weighted by Crippen LogP contribution is 2.22. The highest BCUT2D eigenvalue weighted by atomic mass is 35.5. The Bertz CT molecular complexity index is 386. The minimum Gasteiger partial charge on any atom is -0.365 e. The van der Waals surface area contributed by atoms with Crippen molar-refractivity contribution in [3.63, 3.8) is 0 Å². The van der Waals surface area contributed by atoms with Gasteiger partial charge in [0.05, 0.1) is 6.20 Å². The van der Waals surface area contributed by atoms with Crippen molar-refractivity contribution in [1.29, 1.82) is 0 Å². The van der Waals surface area contributed by atoms with Crippen LogP contribution >= 0.6 is 23.2 Å². The van der Waals surface area contributed by atoms with Gasteiger partial charge in [0, 0.05) is 12.6 Å². The van der Waals surface area contributed by atoms with Crippen LogP contribution in [0.25, 0.3) is 0 Å². The summed E-state index contributed by atoms with van der Waals surface area (Å²) in [6.45, 7) is 5.45. The van der Waals surface area contributed by atoms with Gasteiger partial charge in [0.1, 0.15) is 10.8 Å².